The van der Waals surface area contributed by atoms with E-state index in [1.165, 1.54) is 0 Å². The maximum absolute atomic E-state index is 8.56. The van der Waals surface area contributed by atoms with E-state index >= 15 is 0 Å². The van der Waals surface area contributed by atoms with Gasteiger partial charge in [0.25, 0.3) is 0 Å². The lowest BCUT2D eigenvalue weighted by Crippen LogP contribution is -2.16. The molecule has 0 atom stereocenters. The Morgan fingerprint density at radius 2 is 2.03 bits per heavy atom. The average molecular weight is 446 g/mol. The number of ether oxygens (including phenoxy) is 1. The topological polar surface area (TPSA) is 125 Å². The number of hydrogen-bond acceptors (Lipinski definition) is 8. The molecule has 1 aromatic carbocycles. The normalized spacial score (nSPS) is 14.2. The van der Waals surface area contributed by atoms with Crippen LogP contribution >= 0.6 is 0 Å². The monoisotopic (exact) mass is 445 g/mol. The second-order valence-corrected chi connectivity index (χ2v) is 8.42. The Morgan fingerprint density at radius 3 is 2.67 bits per heavy atom. The smallest absolute Gasteiger partial charge is 0.144 e. The zero-order chi connectivity index (χ0) is 23.3. The molecular weight excluding hydrogens is 418 g/mol. The van der Waals surface area contributed by atoms with Gasteiger partial charge in [-0.15, -0.1) is 0 Å². The summed E-state index contributed by atoms with van der Waals surface area (Å²) in [5, 5.41) is 20.9. The lowest BCUT2D eigenvalue weighted by atomic mass is 10.0. The average Bonchev–Trinajstić information content (AvgIpc) is 3.50. The van der Waals surface area contributed by atoms with Gasteiger partial charge in [-0.2, -0.15) is 0 Å². The number of nitrogens with one attached hydrogen (secondary N) is 4. The molecular formula is C24H27N7O2. The lowest BCUT2D eigenvalue weighted by Gasteiger charge is -2.13. The number of nitrogens with zero attached hydrogens (tertiary/aromatic N) is 3. The van der Waals surface area contributed by atoms with Crippen LogP contribution in [0.25, 0.3) is 33.1 Å². The zero-order valence-corrected chi connectivity index (χ0v) is 19.4. The molecule has 0 saturated heterocycles. The second kappa shape index (κ2) is 7.91. The van der Waals surface area contributed by atoms with E-state index < -0.39 is 0 Å². The molecule has 3 aromatic heterocycles. The molecule has 0 unspecified atom stereocenters. The Balaban J connectivity index is 1.71. The van der Waals surface area contributed by atoms with Gasteiger partial charge >= 0.3 is 0 Å². The Hall–Kier alpha value is -3.88. The number of methoxy groups -OCH3 is 1. The predicted octanol–water partition coefficient (Wildman–Crippen LogP) is 4.60. The van der Waals surface area contributed by atoms with Crippen molar-refractivity contribution in [3.05, 3.63) is 41.3 Å². The van der Waals surface area contributed by atoms with Crippen molar-refractivity contribution in [2.45, 2.75) is 33.6 Å². The van der Waals surface area contributed by atoms with E-state index in [1.807, 2.05) is 46.2 Å². The highest BCUT2D eigenvalue weighted by Crippen LogP contribution is 2.41. The predicted molar refractivity (Wildman–Crippen MR) is 129 cm³/mol. The minimum absolute atomic E-state index is 0.302. The molecule has 5 rings (SSSR count). The summed E-state index contributed by atoms with van der Waals surface area (Å²) in [5.74, 6) is 3.04. The fraction of sp³-hybridized carbons (Fsp3) is 0.333. The summed E-state index contributed by atoms with van der Waals surface area (Å²) in [6, 6.07) is 4.03. The third-order valence-electron chi connectivity index (χ3n) is 6.00. The van der Waals surface area contributed by atoms with Gasteiger partial charge in [-0.05, 0) is 45.7 Å². The van der Waals surface area contributed by atoms with E-state index in [0.29, 0.717) is 34.7 Å². The number of fused-ring (bicyclic) bond motifs is 3. The van der Waals surface area contributed by atoms with Gasteiger partial charge in [0.15, 0.2) is 0 Å². The first-order chi connectivity index (χ1) is 15.9. The van der Waals surface area contributed by atoms with Crippen LogP contribution in [0.5, 0.6) is 5.75 Å². The highest BCUT2D eigenvalue weighted by Gasteiger charge is 2.29. The van der Waals surface area contributed by atoms with Crippen LogP contribution in [0.4, 0.5) is 5.82 Å². The minimum Gasteiger partial charge on any atom is -0.496 e. The van der Waals surface area contributed by atoms with Crippen LogP contribution in [0.15, 0.2) is 28.6 Å². The fourth-order valence-electron chi connectivity index (χ4n) is 4.30. The largest absolute Gasteiger partial charge is 0.496 e. The second-order valence-electron chi connectivity index (χ2n) is 8.42. The molecule has 9 nitrogen and oxygen atoms in total. The number of aromatic amines is 1. The van der Waals surface area contributed by atoms with Crippen molar-refractivity contribution in [1.82, 2.24) is 25.4 Å². The molecule has 4 aromatic rings. The number of rotatable bonds is 7. The molecule has 1 aliphatic carbocycles. The molecule has 1 aliphatic rings. The van der Waals surface area contributed by atoms with Crippen molar-refractivity contribution in [3.63, 3.8) is 0 Å². The quantitative estimate of drug-likeness (QED) is 0.306. The summed E-state index contributed by atoms with van der Waals surface area (Å²) in [6.45, 7) is 5.67. The Bertz CT molecular complexity index is 1410. The maximum Gasteiger partial charge on any atom is 0.144 e. The molecule has 0 amide bonds. The molecule has 170 valence electrons. The third-order valence-corrected chi connectivity index (χ3v) is 6.00. The van der Waals surface area contributed by atoms with Gasteiger partial charge in [-0.25, -0.2) is 9.97 Å². The van der Waals surface area contributed by atoms with Crippen LogP contribution in [0.1, 0.15) is 30.1 Å². The molecule has 0 bridgehead atoms. The van der Waals surface area contributed by atoms with Gasteiger partial charge in [-0.3, -0.25) is 0 Å². The van der Waals surface area contributed by atoms with E-state index in [2.05, 4.69) is 25.8 Å². The van der Waals surface area contributed by atoms with Crippen molar-refractivity contribution in [3.8, 4) is 16.9 Å². The summed E-state index contributed by atoms with van der Waals surface area (Å²) in [7, 11) is 3.48. The Kier molecular flexibility index (Phi) is 5.03. The lowest BCUT2D eigenvalue weighted by molar-refractivity contribution is 0.393. The zero-order valence-electron chi connectivity index (χ0n) is 19.4. The number of hydrogen-bond donors (Lipinski definition) is 4. The van der Waals surface area contributed by atoms with Crippen LogP contribution in [0.2, 0.25) is 0 Å². The van der Waals surface area contributed by atoms with Gasteiger partial charge in [0.2, 0.25) is 0 Å². The Labute approximate surface area is 191 Å². The van der Waals surface area contributed by atoms with Crippen LogP contribution < -0.4 is 15.4 Å². The number of H-pyrrole nitrogens is 1. The molecule has 9 heteroatoms. The minimum atomic E-state index is 0.302. The number of aromatic nitrogens is 4. The molecule has 33 heavy (non-hydrogen) atoms. The highest BCUT2D eigenvalue weighted by atomic mass is 16.5. The molecule has 1 fully saturated rings. The van der Waals surface area contributed by atoms with Crippen molar-refractivity contribution in [2.75, 3.05) is 19.5 Å². The van der Waals surface area contributed by atoms with Gasteiger partial charge in [0.05, 0.1) is 35.2 Å². The first-order valence-electron chi connectivity index (χ1n) is 11.0. The molecule has 0 aliphatic heterocycles. The van der Waals surface area contributed by atoms with Gasteiger partial charge in [0, 0.05) is 35.6 Å². The first kappa shape index (κ1) is 21.0. The number of aryl methyl sites for hydroxylation is 3. The highest BCUT2D eigenvalue weighted by molar-refractivity contribution is 6.14. The van der Waals surface area contributed by atoms with Gasteiger partial charge < -0.3 is 30.3 Å². The van der Waals surface area contributed by atoms with Crippen LogP contribution in [0, 0.1) is 32.1 Å². The van der Waals surface area contributed by atoms with Crippen molar-refractivity contribution >= 4 is 33.5 Å². The van der Waals surface area contributed by atoms with Crippen molar-refractivity contribution < 1.29 is 9.26 Å². The van der Waals surface area contributed by atoms with E-state index in [9.17, 15) is 0 Å². The van der Waals surface area contributed by atoms with Crippen molar-refractivity contribution in [2.24, 2.45) is 5.92 Å². The van der Waals surface area contributed by atoms with Crippen LogP contribution in [-0.4, -0.2) is 40.0 Å². The van der Waals surface area contributed by atoms with E-state index in [0.717, 1.165) is 57.4 Å². The standard InChI is InChI=1S/C24H27N7O2/c1-11-20(12(2)33-31-11)16-8-17-15(9-19(16)32-5)21-23(29-17)27-13(3)28-24(21)30-18(10-26-4)22(25)14-6-7-14/h8-10,14,25-26H,6-7H2,1-5H3,(H2,27,28,29,30)/b18-10+,25-22?. The number of benzene rings is 1. The molecule has 0 spiro atoms. The van der Waals surface area contributed by atoms with Crippen LogP contribution in [-0.2, 0) is 0 Å². The summed E-state index contributed by atoms with van der Waals surface area (Å²) < 4.78 is 11.2. The number of anilines is 1. The van der Waals surface area contributed by atoms with Gasteiger partial charge in [-0.1, -0.05) is 5.16 Å². The summed E-state index contributed by atoms with van der Waals surface area (Å²) in [4.78, 5) is 12.8. The summed E-state index contributed by atoms with van der Waals surface area (Å²) >= 11 is 0. The molecule has 4 N–H and O–H groups in total. The third kappa shape index (κ3) is 3.59. The molecule has 1 saturated carbocycles. The van der Waals surface area contributed by atoms with Gasteiger partial charge in [0.1, 0.15) is 28.8 Å². The number of allylic oxidation sites excluding steroid dienone is 1. The van der Waals surface area contributed by atoms with E-state index in [-0.39, 0.29) is 0 Å². The molecule has 0 radical (unpaired) electrons. The fourth-order valence-corrected chi connectivity index (χ4v) is 4.30. The first-order valence-corrected chi connectivity index (χ1v) is 11.0. The maximum atomic E-state index is 8.56. The Morgan fingerprint density at radius 1 is 1.24 bits per heavy atom. The van der Waals surface area contributed by atoms with E-state index in [4.69, 9.17) is 19.7 Å². The van der Waals surface area contributed by atoms with Crippen molar-refractivity contribution in [1.29, 1.82) is 5.41 Å². The summed E-state index contributed by atoms with van der Waals surface area (Å²) in [5.41, 5.74) is 5.56. The van der Waals surface area contributed by atoms with Crippen LogP contribution in [0.3, 0.4) is 0 Å². The summed E-state index contributed by atoms with van der Waals surface area (Å²) in [6.07, 6.45) is 3.91. The molecule has 3 heterocycles. The van der Waals surface area contributed by atoms with E-state index in [1.54, 1.807) is 7.11 Å². The SMILES string of the molecule is CN/C=C(/Nc1nc(C)nc2[nH]c3cc(-c4c(C)noc4C)c(OC)cc3c12)C(=N)C1CC1.